The highest BCUT2D eigenvalue weighted by Crippen LogP contribution is 2.61. The van der Waals surface area contributed by atoms with E-state index in [-0.39, 0.29) is 29.5 Å². The summed E-state index contributed by atoms with van der Waals surface area (Å²) in [4.78, 5) is 46.4. The number of nitrogen functional groups attached to an aromatic ring is 2. The van der Waals surface area contributed by atoms with E-state index in [9.17, 15) is 19.4 Å². The van der Waals surface area contributed by atoms with Crippen LogP contribution in [0.5, 0.6) is 0 Å². The first kappa shape index (κ1) is 30.7. The van der Waals surface area contributed by atoms with E-state index in [2.05, 4.69) is 42.2 Å². The molecular weight excluding hydrogens is 694 g/mol. The summed E-state index contributed by atoms with van der Waals surface area (Å²) in [6.07, 6.45) is -4.49. The number of aliphatic hydroxyl groups excluding tert-OH is 1. The van der Waals surface area contributed by atoms with E-state index >= 15 is 0 Å². The molecule has 2 unspecified atom stereocenters. The summed E-state index contributed by atoms with van der Waals surface area (Å²) in [5.41, 5.74) is 10.1. The van der Waals surface area contributed by atoms with Crippen LogP contribution in [0.15, 0.2) is 23.8 Å². The Hall–Kier alpha value is -2.63. The molecule has 0 spiro atoms. The Bertz CT molecular complexity index is 2030. The molecule has 246 valence electrons. The van der Waals surface area contributed by atoms with E-state index in [1.54, 1.807) is 4.57 Å². The summed E-state index contributed by atoms with van der Waals surface area (Å²) in [5, 5.41) is 11.3. The second-order valence-corrected chi connectivity index (χ2v) is 16.5. The van der Waals surface area contributed by atoms with E-state index in [1.165, 1.54) is 23.5 Å². The summed E-state index contributed by atoms with van der Waals surface area (Å²) < 4.78 is 57.9. The number of nitrogens with zero attached hydrogens (tertiary/aromatic N) is 7. The molecule has 0 radical (unpaired) electrons. The summed E-state index contributed by atoms with van der Waals surface area (Å²) in [5.74, 6) is -0.0487. The Morgan fingerprint density at radius 2 is 1.80 bits per heavy atom. The number of thiol groups is 1. The summed E-state index contributed by atoms with van der Waals surface area (Å²) in [6, 6.07) is 0. The zero-order valence-corrected chi connectivity index (χ0v) is 26.5. The van der Waals surface area contributed by atoms with Gasteiger partial charge in [-0.1, -0.05) is 12.2 Å². The van der Waals surface area contributed by atoms with Crippen LogP contribution in [0.1, 0.15) is 12.5 Å². The minimum absolute atomic E-state index is 0.000998. The van der Waals surface area contributed by atoms with E-state index in [4.69, 9.17) is 55.6 Å². The average molecular weight is 719 g/mol. The van der Waals surface area contributed by atoms with Gasteiger partial charge < -0.3 is 40.2 Å². The number of rotatable bonds is 2. The first-order chi connectivity index (χ1) is 21.8. The molecule has 4 saturated heterocycles. The minimum atomic E-state index is -4.30. The maximum absolute atomic E-state index is 13.6. The summed E-state index contributed by atoms with van der Waals surface area (Å²) >= 11 is 9.51. The molecule has 7 N–H and O–H groups in total. The second-order valence-electron chi connectivity index (χ2n) is 10.9. The molecule has 4 fully saturated rings. The van der Waals surface area contributed by atoms with E-state index in [0.29, 0.717) is 11.2 Å². The second kappa shape index (κ2) is 10.7. The van der Waals surface area contributed by atoms with E-state index in [0.717, 1.165) is 0 Å². The highest BCUT2D eigenvalue weighted by molar-refractivity contribution is 8.44. The number of fused-ring (bicyclic) bond motifs is 3. The number of anilines is 2. The largest absolute Gasteiger partial charge is 0.386 e. The minimum Gasteiger partial charge on any atom is -0.386 e. The molecule has 46 heavy (non-hydrogen) atoms. The van der Waals surface area contributed by atoms with Crippen molar-refractivity contribution in [3.05, 3.63) is 29.3 Å². The van der Waals surface area contributed by atoms with Crippen molar-refractivity contribution in [2.24, 2.45) is 0 Å². The summed E-state index contributed by atoms with van der Waals surface area (Å²) in [7, 11) is 0. The molecule has 4 aromatic rings. The Labute approximate surface area is 266 Å². The van der Waals surface area contributed by atoms with Gasteiger partial charge in [0.15, 0.2) is 35.1 Å². The van der Waals surface area contributed by atoms with Crippen LogP contribution in [0.25, 0.3) is 22.3 Å². The van der Waals surface area contributed by atoms with Crippen molar-refractivity contribution in [3.8, 4) is 0 Å². The molecule has 21 nitrogen and oxygen atoms in total. The van der Waals surface area contributed by atoms with E-state index < -0.39 is 80.9 Å². The molecule has 0 aliphatic carbocycles. The van der Waals surface area contributed by atoms with Crippen molar-refractivity contribution >= 4 is 71.7 Å². The lowest BCUT2D eigenvalue weighted by Gasteiger charge is -2.34. The van der Waals surface area contributed by atoms with Gasteiger partial charge in [-0.25, -0.2) is 24.5 Å². The molecule has 25 heteroatoms. The number of H-pyrrole nitrogens is 1. The lowest BCUT2D eigenvalue weighted by Crippen LogP contribution is -2.46. The standard InChI is InChI=1S/C21H24N10O11P2S2/c22-14-8-15(25-4-24-14)30(5-26-8)19-12-13-21(40-19,2-36-12)3-38-44(35,46)41-11-7(1-37-43(34,45)42-13)39-18(10(11)32)31-6-27-9-16(31)28-20(23)29-17(9)33/h4-7,10-13,18-19,32H,1-3H2,(H,34,45)(H,35,46)(H2,22,24,25)(H3,23,28,29,33)/t7-,10-,11-,12-,13+,18-,19-,21-,43?,44?/m1/s1. The van der Waals surface area contributed by atoms with Crippen molar-refractivity contribution < 1.29 is 46.9 Å². The van der Waals surface area contributed by atoms with Crippen molar-refractivity contribution in [3.63, 3.8) is 0 Å². The van der Waals surface area contributed by atoms with Crippen LogP contribution in [0, 0.1) is 0 Å². The average Bonchev–Trinajstić information content (AvgIpc) is 3.80. The van der Waals surface area contributed by atoms with Gasteiger partial charge in [0.25, 0.3) is 5.56 Å². The zero-order valence-electron chi connectivity index (χ0n) is 23.0. The fraction of sp³-hybridized carbons (Fsp3) is 0.524. The number of imidazole rings is 2. The van der Waals surface area contributed by atoms with Crippen molar-refractivity contribution in [2.45, 2.75) is 48.6 Å². The normalized spacial score (nSPS) is 39.7. The van der Waals surface area contributed by atoms with Crippen LogP contribution in [-0.4, -0.2) is 105 Å². The number of hydrogen-bond acceptors (Lipinski definition) is 18. The van der Waals surface area contributed by atoms with Gasteiger partial charge in [0.05, 0.1) is 32.5 Å². The predicted molar refractivity (Wildman–Crippen MR) is 160 cm³/mol. The molecule has 10 atom stereocenters. The van der Waals surface area contributed by atoms with Gasteiger partial charge in [-0.05, 0) is 11.8 Å². The fourth-order valence-corrected chi connectivity index (χ4v) is 8.96. The maximum Gasteiger partial charge on any atom is 0.386 e. The van der Waals surface area contributed by atoms with Crippen LogP contribution >= 0.6 is 25.8 Å². The smallest absolute Gasteiger partial charge is 0.386 e. The van der Waals surface area contributed by atoms with Crippen LogP contribution in [0.2, 0.25) is 0 Å². The molecule has 8 rings (SSSR count). The van der Waals surface area contributed by atoms with Crippen LogP contribution < -0.4 is 17.0 Å². The monoisotopic (exact) mass is 718 g/mol. The lowest BCUT2D eigenvalue weighted by atomic mass is 10.0. The molecule has 2 bridgehead atoms. The molecule has 4 aliphatic rings. The molecule has 4 aliphatic heterocycles. The number of hydrogen-bond donors (Lipinski definition) is 6. The number of aromatic amines is 1. The van der Waals surface area contributed by atoms with Gasteiger partial charge in [-0.15, -0.1) is 0 Å². The van der Waals surface area contributed by atoms with Crippen LogP contribution in [-0.2, 0) is 48.7 Å². The van der Waals surface area contributed by atoms with Gasteiger partial charge in [-0.2, -0.15) is 4.98 Å². The number of ether oxygens (including phenoxy) is 3. The third-order valence-electron chi connectivity index (χ3n) is 8.04. The Kier molecular flexibility index (Phi) is 7.13. The van der Waals surface area contributed by atoms with Crippen LogP contribution in [0.3, 0.4) is 0 Å². The highest BCUT2D eigenvalue weighted by atomic mass is 32.7. The molecule has 0 saturated carbocycles. The topological polar surface area (TPSA) is 281 Å². The quantitative estimate of drug-likeness (QED) is 0.108. The number of aliphatic hydroxyl groups is 1. The van der Waals surface area contributed by atoms with Gasteiger partial charge >= 0.3 is 13.5 Å². The van der Waals surface area contributed by atoms with Gasteiger partial charge in [-0.3, -0.25) is 32.5 Å². The number of nitrogens with one attached hydrogen (secondary N) is 1. The fourth-order valence-electron chi connectivity index (χ4n) is 5.99. The van der Waals surface area contributed by atoms with Gasteiger partial charge in [0.2, 0.25) is 5.95 Å². The summed E-state index contributed by atoms with van der Waals surface area (Å²) in [6.45, 7) is -9.48. The Balaban J connectivity index is 1.10. The molecular formula is C21H24N10O11P2S2. The SMILES string of the molecule is Nc1nc2c(ncn2[C@@H]2O[C@@H]3COP(O)(=S)O[C@H]4[C@H]5OC[C@]4(COP(=O)(S)O[C@H]3[C@H]2O)O[C@H]5n2cnc3c(N)ncnc32)c(=O)[nH]1. The Morgan fingerprint density at radius 1 is 1.04 bits per heavy atom. The first-order valence-corrected chi connectivity index (χ1v) is 18.7. The lowest BCUT2D eigenvalue weighted by molar-refractivity contribution is -0.183. The Morgan fingerprint density at radius 3 is 2.61 bits per heavy atom. The van der Waals surface area contributed by atoms with Gasteiger partial charge in [0, 0.05) is 0 Å². The third-order valence-corrected chi connectivity index (χ3v) is 11.2. The molecule has 4 aromatic heterocycles. The van der Waals surface area contributed by atoms with E-state index in [1.807, 2.05) is 0 Å². The van der Waals surface area contributed by atoms with Crippen LogP contribution in [0.4, 0.5) is 11.8 Å². The molecule has 8 heterocycles. The first-order valence-electron chi connectivity index (χ1n) is 13.4. The predicted octanol–water partition coefficient (Wildman–Crippen LogP) is -0.880. The molecule has 0 aromatic carbocycles. The number of nitrogens with two attached hydrogens (primary N) is 2. The number of aromatic nitrogens is 8. The maximum atomic E-state index is 13.6. The van der Waals surface area contributed by atoms with Crippen molar-refractivity contribution in [1.82, 2.24) is 39.0 Å². The zero-order chi connectivity index (χ0) is 32.2. The third kappa shape index (κ3) is 4.89. The van der Waals surface area contributed by atoms with Gasteiger partial charge in [0.1, 0.15) is 48.0 Å². The van der Waals surface area contributed by atoms with Crippen molar-refractivity contribution in [2.75, 3.05) is 31.3 Å². The highest BCUT2D eigenvalue weighted by Gasteiger charge is 2.65. The van der Waals surface area contributed by atoms with Crippen molar-refractivity contribution in [1.29, 1.82) is 0 Å². The molecule has 0 amide bonds.